The number of para-hydroxylation sites is 1. The van der Waals surface area contributed by atoms with Crippen molar-refractivity contribution >= 4 is 40.6 Å². The normalized spacial score (nSPS) is 13.7. The molecule has 0 fully saturated rings. The third-order valence-electron chi connectivity index (χ3n) is 3.47. The van der Waals surface area contributed by atoms with Crippen molar-refractivity contribution in [2.45, 2.75) is 12.8 Å². The number of benzene rings is 2. The number of halogens is 2. The summed E-state index contributed by atoms with van der Waals surface area (Å²) in [6.45, 7) is 0.706. The summed E-state index contributed by atoms with van der Waals surface area (Å²) < 4.78 is 0. The van der Waals surface area contributed by atoms with Gasteiger partial charge >= 0.3 is 6.03 Å². The molecule has 21 heavy (non-hydrogen) atoms. The first-order chi connectivity index (χ1) is 10.1. The molecule has 3 nitrogen and oxygen atoms in total. The molecule has 2 amide bonds. The van der Waals surface area contributed by atoms with Crippen molar-refractivity contribution in [1.29, 1.82) is 0 Å². The third kappa shape index (κ3) is 3.14. The Morgan fingerprint density at radius 2 is 1.81 bits per heavy atom. The van der Waals surface area contributed by atoms with Crippen molar-refractivity contribution < 1.29 is 4.79 Å². The van der Waals surface area contributed by atoms with E-state index in [9.17, 15) is 4.79 Å². The number of nitrogens with zero attached hydrogens (tertiary/aromatic N) is 1. The summed E-state index contributed by atoms with van der Waals surface area (Å²) in [5.41, 5.74) is 2.76. The van der Waals surface area contributed by atoms with Crippen molar-refractivity contribution in [3.63, 3.8) is 0 Å². The summed E-state index contributed by atoms with van der Waals surface area (Å²) in [6, 6.07) is 12.8. The lowest BCUT2D eigenvalue weighted by molar-refractivity contribution is 0.256. The molecule has 1 heterocycles. The molecule has 108 valence electrons. The smallest absolute Gasteiger partial charge is 0.307 e. The fourth-order valence-electron chi connectivity index (χ4n) is 2.56. The van der Waals surface area contributed by atoms with E-state index in [1.54, 1.807) is 23.1 Å². The van der Waals surface area contributed by atoms with Crippen LogP contribution in [0.5, 0.6) is 0 Å². The summed E-state index contributed by atoms with van der Waals surface area (Å²) in [6.07, 6.45) is 1.96. The standard InChI is InChI=1S/C16H14Cl2N2O/c17-12-8-13(18)10-14(9-12)19-16(21)20-7-3-5-11-4-1-2-6-15(11)20/h1-2,4,6,8-10H,3,5,7H2,(H,19,21). The van der Waals surface area contributed by atoms with Crippen LogP contribution in [0.15, 0.2) is 42.5 Å². The van der Waals surface area contributed by atoms with E-state index in [2.05, 4.69) is 11.4 Å². The Hall–Kier alpha value is -1.71. The second kappa shape index (κ2) is 5.96. The van der Waals surface area contributed by atoms with Crippen LogP contribution in [-0.4, -0.2) is 12.6 Å². The van der Waals surface area contributed by atoms with Gasteiger partial charge in [-0.15, -0.1) is 0 Å². The molecule has 0 saturated heterocycles. The number of nitrogens with one attached hydrogen (secondary N) is 1. The van der Waals surface area contributed by atoms with Gasteiger partial charge in [0.2, 0.25) is 0 Å². The highest BCUT2D eigenvalue weighted by atomic mass is 35.5. The van der Waals surface area contributed by atoms with Crippen LogP contribution in [0.1, 0.15) is 12.0 Å². The number of aryl methyl sites for hydroxylation is 1. The molecule has 0 aliphatic carbocycles. The van der Waals surface area contributed by atoms with Gasteiger partial charge in [0.1, 0.15) is 0 Å². The highest BCUT2D eigenvalue weighted by Crippen LogP contribution is 2.28. The first-order valence-electron chi connectivity index (χ1n) is 6.76. The lowest BCUT2D eigenvalue weighted by atomic mass is 10.0. The zero-order valence-electron chi connectivity index (χ0n) is 11.3. The predicted octanol–water partition coefficient (Wildman–Crippen LogP) is 4.98. The average molecular weight is 321 g/mol. The Morgan fingerprint density at radius 3 is 2.57 bits per heavy atom. The first kappa shape index (κ1) is 14.2. The van der Waals surface area contributed by atoms with Gasteiger partial charge in [0, 0.05) is 28.0 Å². The molecule has 3 rings (SSSR count). The van der Waals surface area contributed by atoms with Crippen molar-refractivity contribution in [1.82, 2.24) is 0 Å². The van der Waals surface area contributed by atoms with Crippen molar-refractivity contribution in [3.8, 4) is 0 Å². The minimum absolute atomic E-state index is 0.166. The molecule has 0 unspecified atom stereocenters. The maximum Gasteiger partial charge on any atom is 0.326 e. The molecule has 0 spiro atoms. The topological polar surface area (TPSA) is 32.3 Å². The van der Waals surface area contributed by atoms with Crippen LogP contribution < -0.4 is 10.2 Å². The summed E-state index contributed by atoms with van der Waals surface area (Å²) in [4.78, 5) is 14.2. The number of urea groups is 1. The minimum Gasteiger partial charge on any atom is -0.307 e. The van der Waals surface area contributed by atoms with Gasteiger partial charge in [0.15, 0.2) is 0 Å². The van der Waals surface area contributed by atoms with Crippen LogP contribution in [-0.2, 0) is 6.42 Å². The van der Waals surface area contributed by atoms with Gasteiger partial charge in [-0.3, -0.25) is 4.90 Å². The van der Waals surface area contributed by atoms with Gasteiger partial charge in [-0.2, -0.15) is 0 Å². The number of hydrogen-bond acceptors (Lipinski definition) is 1. The number of hydrogen-bond donors (Lipinski definition) is 1. The maximum absolute atomic E-state index is 12.5. The van der Waals surface area contributed by atoms with Crippen LogP contribution in [0.25, 0.3) is 0 Å². The number of rotatable bonds is 1. The van der Waals surface area contributed by atoms with Gasteiger partial charge < -0.3 is 5.32 Å². The van der Waals surface area contributed by atoms with Crippen LogP contribution in [0, 0.1) is 0 Å². The first-order valence-corrected chi connectivity index (χ1v) is 7.51. The molecule has 1 aliphatic rings. The second-order valence-electron chi connectivity index (χ2n) is 4.97. The third-order valence-corrected chi connectivity index (χ3v) is 3.91. The Bertz CT molecular complexity index is 667. The molecule has 5 heteroatoms. The zero-order chi connectivity index (χ0) is 14.8. The largest absolute Gasteiger partial charge is 0.326 e. The Balaban J connectivity index is 1.83. The quantitative estimate of drug-likeness (QED) is 0.789. The summed E-state index contributed by atoms with van der Waals surface area (Å²) in [7, 11) is 0. The second-order valence-corrected chi connectivity index (χ2v) is 5.85. The summed E-state index contributed by atoms with van der Waals surface area (Å²) >= 11 is 11.9. The van der Waals surface area contributed by atoms with Crippen LogP contribution in [0.2, 0.25) is 10.0 Å². The minimum atomic E-state index is -0.166. The van der Waals surface area contributed by atoms with E-state index in [1.807, 2.05) is 18.2 Å². The average Bonchev–Trinajstić information content (AvgIpc) is 2.45. The van der Waals surface area contributed by atoms with E-state index in [0.29, 0.717) is 22.3 Å². The summed E-state index contributed by atoms with van der Waals surface area (Å²) in [5.74, 6) is 0. The fourth-order valence-corrected chi connectivity index (χ4v) is 3.09. The molecular weight excluding hydrogens is 307 g/mol. The lowest BCUT2D eigenvalue weighted by Crippen LogP contribution is -2.38. The van der Waals surface area contributed by atoms with Crippen LogP contribution in [0.3, 0.4) is 0 Å². The molecule has 0 atom stereocenters. The van der Waals surface area contributed by atoms with Crippen molar-refractivity contribution in [2.75, 3.05) is 16.8 Å². The van der Waals surface area contributed by atoms with Gasteiger partial charge in [0.25, 0.3) is 0 Å². The SMILES string of the molecule is O=C(Nc1cc(Cl)cc(Cl)c1)N1CCCc2ccccc21. The molecule has 0 radical (unpaired) electrons. The van der Waals surface area contributed by atoms with Gasteiger partial charge in [-0.1, -0.05) is 41.4 Å². The van der Waals surface area contributed by atoms with Crippen LogP contribution >= 0.6 is 23.2 Å². The molecule has 0 saturated carbocycles. The van der Waals surface area contributed by atoms with E-state index in [-0.39, 0.29) is 6.03 Å². The van der Waals surface area contributed by atoms with Crippen LogP contribution in [0.4, 0.5) is 16.2 Å². The molecule has 0 aromatic heterocycles. The summed E-state index contributed by atoms with van der Waals surface area (Å²) in [5, 5.41) is 3.85. The van der Waals surface area contributed by atoms with Crippen molar-refractivity contribution in [3.05, 3.63) is 58.1 Å². The number of amides is 2. The Morgan fingerprint density at radius 1 is 1.10 bits per heavy atom. The fraction of sp³-hybridized carbons (Fsp3) is 0.188. The maximum atomic E-state index is 12.5. The molecule has 0 bridgehead atoms. The molecule has 1 N–H and O–H groups in total. The number of anilines is 2. The Kier molecular flexibility index (Phi) is 4.04. The number of carbonyl (C=O) groups excluding carboxylic acids is 1. The van der Waals surface area contributed by atoms with Gasteiger partial charge in [-0.05, 0) is 42.7 Å². The highest BCUT2D eigenvalue weighted by Gasteiger charge is 2.22. The molecule has 2 aromatic rings. The highest BCUT2D eigenvalue weighted by molar-refractivity contribution is 6.35. The van der Waals surface area contributed by atoms with E-state index in [0.717, 1.165) is 18.5 Å². The number of carbonyl (C=O) groups is 1. The molecule has 2 aromatic carbocycles. The van der Waals surface area contributed by atoms with Gasteiger partial charge in [0.05, 0.1) is 0 Å². The molecule has 1 aliphatic heterocycles. The monoisotopic (exact) mass is 320 g/mol. The van der Waals surface area contributed by atoms with E-state index in [4.69, 9.17) is 23.2 Å². The molecular formula is C16H14Cl2N2O. The van der Waals surface area contributed by atoms with Gasteiger partial charge in [-0.25, -0.2) is 4.79 Å². The predicted molar refractivity (Wildman–Crippen MR) is 87.6 cm³/mol. The zero-order valence-corrected chi connectivity index (χ0v) is 12.8. The Labute approximate surface area is 133 Å². The number of fused-ring (bicyclic) bond motifs is 1. The van der Waals surface area contributed by atoms with Crippen molar-refractivity contribution in [2.24, 2.45) is 0 Å². The lowest BCUT2D eigenvalue weighted by Gasteiger charge is -2.29. The van der Waals surface area contributed by atoms with E-state index >= 15 is 0 Å². The van der Waals surface area contributed by atoms with E-state index in [1.165, 1.54) is 5.56 Å². The van der Waals surface area contributed by atoms with E-state index < -0.39 is 0 Å².